The fourth-order valence-electron chi connectivity index (χ4n) is 4.77. The number of rotatable bonds is 9. The third kappa shape index (κ3) is 6.54. The Labute approximate surface area is 208 Å². The maximum absolute atomic E-state index is 13.4. The van der Waals surface area contributed by atoms with Gasteiger partial charge in [-0.3, -0.25) is 9.69 Å². The predicted octanol–water partition coefficient (Wildman–Crippen LogP) is 3.91. The zero-order valence-electron chi connectivity index (χ0n) is 20.1. The van der Waals surface area contributed by atoms with Crippen molar-refractivity contribution in [3.8, 4) is 5.88 Å². The Kier molecular flexibility index (Phi) is 8.13. The molecule has 2 unspecified atom stereocenters. The molecular formula is C26H30F3N3O4. The van der Waals surface area contributed by atoms with Crippen molar-refractivity contribution in [2.75, 3.05) is 39.9 Å². The van der Waals surface area contributed by atoms with Gasteiger partial charge in [0, 0.05) is 37.3 Å². The summed E-state index contributed by atoms with van der Waals surface area (Å²) in [6.07, 6.45) is -1.47. The summed E-state index contributed by atoms with van der Waals surface area (Å²) < 4.78 is 50.3. The Morgan fingerprint density at radius 3 is 2.44 bits per heavy atom. The van der Waals surface area contributed by atoms with Crippen molar-refractivity contribution in [3.63, 3.8) is 0 Å². The van der Waals surface area contributed by atoms with E-state index in [0.717, 1.165) is 36.4 Å². The SMILES string of the molecule is COC(=O)c1ccc(OCCN2CCC(CN(C(=O)C(F)(F)F)C3CC3c3ccccc3)CC2)nc1. The molecule has 1 aliphatic carbocycles. The third-order valence-corrected chi connectivity index (χ3v) is 6.87. The van der Waals surface area contributed by atoms with E-state index in [1.165, 1.54) is 13.3 Å². The number of likely N-dealkylation sites (tertiary alicyclic amines) is 1. The number of esters is 1. The van der Waals surface area contributed by atoms with Gasteiger partial charge in [0.1, 0.15) is 6.61 Å². The molecule has 7 nitrogen and oxygen atoms in total. The van der Waals surface area contributed by atoms with Crippen LogP contribution in [0.2, 0.25) is 0 Å². The number of amides is 1. The lowest BCUT2D eigenvalue weighted by Gasteiger charge is -2.35. The first-order chi connectivity index (χ1) is 17.3. The molecule has 2 aromatic rings. The third-order valence-electron chi connectivity index (χ3n) is 6.87. The highest BCUT2D eigenvalue weighted by atomic mass is 19.4. The van der Waals surface area contributed by atoms with Crippen molar-refractivity contribution in [1.29, 1.82) is 0 Å². The van der Waals surface area contributed by atoms with Crippen LogP contribution in [-0.2, 0) is 9.53 Å². The molecule has 1 amide bonds. The second-order valence-corrected chi connectivity index (χ2v) is 9.29. The Balaban J connectivity index is 1.24. The monoisotopic (exact) mass is 505 g/mol. The van der Waals surface area contributed by atoms with E-state index in [1.54, 1.807) is 12.1 Å². The molecule has 0 radical (unpaired) electrons. The number of alkyl halides is 3. The smallest absolute Gasteiger partial charge is 0.471 e. The molecule has 1 saturated carbocycles. The van der Waals surface area contributed by atoms with Crippen molar-refractivity contribution in [3.05, 3.63) is 59.8 Å². The quantitative estimate of drug-likeness (QED) is 0.482. The Morgan fingerprint density at radius 1 is 1.11 bits per heavy atom. The topological polar surface area (TPSA) is 72.0 Å². The van der Waals surface area contributed by atoms with Gasteiger partial charge < -0.3 is 14.4 Å². The van der Waals surface area contributed by atoms with Crippen molar-refractivity contribution in [2.24, 2.45) is 5.92 Å². The summed E-state index contributed by atoms with van der Waals surface area (Å²) in [6.45, 7) is 2.63. The molecule has 2 atom stereocenters. The van der Waals surface area contributed by atoms with Crippen molar-refractivity contribution < 1.29 is 32.2 Å². The largest absolute Gasteiger partial charge is 0.476 e. The average Bonchev–Trinajstić information content (AvgIpc) is 3.68. The maximum atomic E-state index is 13.4. The minimum absolute atomic E-state index is 0.0259. The molecule has 2 heterocycles. The lowest BCUT2D eigenvalue weighted by atomic mass is 9.96. The number of hydrogen-bond donors (Lipinski definition) is 0. The summed E-state index contributed by atoms with van der Waals surface area (Å²) in [6, 6.07) is 12.2. The van der Waals surface area contributed by atoms with Gasteiger partial charge in [0.15, 0.2) is 0 Å². The molecule has 36 heavy (non-hydrogen) atoms. The number of halogens is 3. The van der Waals surface area contributed by atoms with Gasteiger partial charge in [-0.15, -0.1) is 0 Å². The number of hydrogen-bond acceptors (Lipinski definition) is 6. The first kappa shape index (κ1) is 25.9. The highest BCUT2D eigenvalue weighted by Crippen LogP contribution is 2.46. The molecule has 0 N–H and O–H groups in total. The van der Waals surface area contributed by atoms with Crippen LogP contribution in [0, 0.1) is 5.92 Å². The number of benzene rings is 1. The van der Waals surface area contributed by atoms with Crippen LogP contribution < -0.4 is 4.74 Å². The number of aromatic nitrogens is 1. The highest BCUT2D eigenvalue weighted by molar-refractivity contribution is 5.88. The van der Waals surface area contributed by atoms with Crippen LogP contribution in [-0.4, -0.2) is 78.8 Å². The summed E-state index contributed by atoms with van der Waals surface area (Å²) in [5, 5.41) is 0. The lowest BCUT2D eigenvalue weighted by molar-refractivity contribution is -0.187. The van der Waals surface area contributed by atoms with E-state index in [2.05, 4.69) is 14.6 Å². The first-order valence-corrected chi connectivity index (χ1v) is 12.1. The average molecular weight is 506 g/mol. The van der Waals surface area contributed by atoms with Crippen LogP contribution in [0.15, 0.2) is 48.7 Å². The van der Waals surface area contributed by atoms with Crippen LogP contribution >= 0.6 is 0 Å². The van der Waals surface area contributed by atoms with Gasteiger partial charge >= 0.3 is 18.1 Å². The van der Waals surface area contributed by atoms with Gasteiger partial charge in [-0.2, -0.15) is 13.2 Å². The molecule has 0 spiro atoms. The van der Waals surface area contributed by atoms with E-state index < -0.39 is 24.1 Å². The molecule has 2 fully saturated rings. The number of methoxy groups -OCH3 is 1. The minimum Gasteiger partial charge on any atom is -0.476 e. The second-order valence-electron chi connectivity index (χ2n) is 9.29. The van der Waals surface area contributed by atoms with Gasteiger partial charge in [-0.05, 0) is 49.9 Å². The molecule has 194 valence electrons. The highest BCUT2D eigenvalue weighted by Gasteiger charge is 2.52. The second kappa shape index (κ2) is 11.3. The molecule has 0 bridgehead atoms. The zero-order valence-corrected chi connectivity index (χ0v) is 20.1. The summed E-state index contributed by atoms with van der Waals surface area (Å²) >= 11 is 0. The predicted molar refractivity (Wildman–Crippen MR) is 126 cm³/mol. The fourth-order valence-corrected chi connectivity index (χ4v) is 4.77. The van der Waals surface area contributed by atoms with Gasteiger partial charge in [-0.25, -0.2) is 9.78 Å². The summed E-state index contributed by atoms with van der Waals surface area (Å²) in [5.74, 6) is -1.81. The first-order valence-electron chi connectivity index (χ1n) is 12.1. The number of carbonyl (C=O) groups is 2. The van der Waals surface area contributed by atoms with E-state index in [0.29, 0.717) is 31.0 Å². The van der Waals surface area contributed by atoms with E-state index in [1.807, 2.05) is 30.3 Å². The van der Waals surface area contributed by atoms with Crippen molar-refractivity contribution in [1.82, 2.24) is 14.8 Å². The summed E-state index contributed by atoms with van der Waals surface area (Å²) in [7, 11) is 1.30. The lowest BCUT2D eigenvalue weighted by Crippen LogP contribution is -2.47. The standard InChI is InChI=1S/C26H30F3N3O4/c1-35-24(33)20-7-8-23(30-16-20)36-14-13-31-11-9-18(10-12-31)17-32(25(34)26(27,28)29)22-15-21(22)19-5-3-2-4-6-19/h2-8,16,18,21-22H,9-15,17H2,1H3. The Morgan fingerprint density at radius 2 is 1.83 bits per heavy atom. The van der Waals surface area contributed by atoms with Gasteiger partial charge in [0.25, 0.3) is 0 Å². The van der Waals surface area contributed by atoms with E-state index in [9.17, 15) is 22.8 Å². The molecule has 10 heteroatoms. The number of carbonyl (C=O) groups excluding carboxylic acids is 2. The van der Waals surface area contributed by atoms with E-state index in [-0.39, 0.29) is 18.4 Å². The number of nitrogens with zero attached hydrogens (tertiary/aromatic N) is 3. The molecule has 2 aliphatic rings. The summed E-state index contributed by atoms with van der Waals surface area (Å²) in [4.78, 5) is 31.1. The summed E-state index contributed by atoms with van der Waals surface area (Å²) in [5.41, 5.74) is 1.32. The Bertz CT molecular complexity index is 1020. The number of pyridine rings is 1. The van der Waals surface area contributed by atoms with Crippen molar-refractivity contribution >= 4 is 11.9 Å². The van der Waals surface area contributed by atoms with Gasteiger partial charge in [0.05, 0.1) is 12.7 Å². The Hall–Kier alpha value is -3.14. The van der Waals surface area contributed by atoms with Crippen LogP contribution in [0.5, 0.6) is 5.88 Å². The van der Waals surface area contributed by atoms with Crippen LogP contribution in [0.3, 0.4) is 0 Å². The van der Waals surface area contributed by atoms with Gasteiger partial charge in [-0.1, -0.05) is 30.3 Å². The van der Waals surface area contributed by atoms with Crippen LogP contribution in [0.25, 0.3) is 0 Å². The zero-order chi connectivity index (χ0) is 25.7. The molecule has 1 aromatic carbocycles. The van der Waals surface area contributed by atoms with Crippen LogP contribution in [0.4, 0.5) is 13.2 Å². The molecule has 4 rings (SSSR count). The molecule has 1 aromatic heterocycles. The molecular weight excluding hydrogens is 475 g/mol. The minimum atomic E-state index is -4.87. The molecule has 1 aliphatic heterocycles. The normalized spacial score (nSPS) is 20.6. The van der Waals surface area contributed by atoms with E-state index >= 15 is 0 Å². The fraction of sp³-hybridized carbons (Fsp3) is 0.500. The van der Waals surface area contributed by atoms with Crippen LogP contribution in [0.1, 0.15) is 41.1 Å². The number of ether oxygens (including phenoxy) is 2. The van der Waals surface area contributed by atoms with Crippen molar-refractivity contribution in [2.45, 2.75) is 37.4 Å². The van der Waals surface area contributed by atoms with E-state index in [4.69, 9.17) is 4.74 Å². The molecule has 1 saturated heterocycles. The number of piperidine rings is 1. The maximum Gasteiger partial charge on any atom is 0.471 e. The van der Waals surface area contributed by atoms with Gasteiger partial charge in [0.2, 0.25) is 5.88 Å².